The van der Waals surface area contributed by atoms with Crippen molar-refractivity contribution in [3.05, 3.63) is 23.8 Å². The molecule has 2 N–H and O–H groups in total. The van der Waals surface area contributed by atoms with Gasteiger partial charge in [0.2, 0.25) is 11.8 Å². The molecule has 132 valence electrons. The van der Waals surface area contributed by atoms with Gasteiger partial charge in [-0.1, -0.05) is 13.0 Å². The first-order chi connectivity index (χ1) is 11.6. The van der Waals surface area contributed by atoms with Crippen LogP contribution in [0.5, 0.6) is 11.5 Å². The molecule has 2 unspecified atom stereocenters. The van der Waals surface area contributed by atoms with Gasteiger partial charge in [-0.05, 0) is 37.0 Å². The maximum Gasteiger partial charge on any atom is 0.223 e. The van der Waals surface area contributed by atoms with Gasteiger partial charge < -0.3 is 20.1 Å². The van der Waals surface area contributed by atoms with Crippen LogP contribution in [0.1, 0.15) is 25.3 Å². The van der Waals surface area contributed by atoms with E-state index in [0.717, 1.165) is 12.0 Å². The maximum absolute atomic E-state index is 12.1. The molecule has 1 aromatic rings. The lowest BCUT2D eigenvalue weighted by Crippen LogP contribution is -2.31. The van der Waals surface area contributed by atoms with Crippen molar-refractivity contribution in [2.24, 2.45) is 11.8 Å². The van der Waals surface area contributed by atoms with E-state index in [0.29, 0.717) is 37.4 Å². The lowest BCUT2D eigenvalue weighted by molar-refractivity contribution is -0.127. The molecule has 2 rings (SSSR count). The highest BCUT2D eigenvalue weighted by Crippen LogP contribution is 2.38. The first kappa shape index (κ1) is 18.1. The van der Waals surface area contributed by atoms with Gasteiger partial charge in [0, 0.05) is 13.1 Å². The fraction of sp³-hybridized carbons (Fsp3) is 0.556. The van der Waals surface area contributed by atoms with Crippen molar-refractivity contribution in [1.29, 1.82) is 0 Å². The topological polar surface area (TPSA) is 76.7 Å². The third-order valence-corrected chi connectivity index (χ3v) is 4.17. The minimum Gasteiger partial charge on any atom is -0.493 e. The molecule has 1 aliphatic rings. The summed E-state index contributed by atoms with van der Waals surface area (Å²) in [4.78, 5) is 23.9. The molecule has 24 heavy (non-hydrogen) atoms. The summed E-state index contributed by atoms with van der Waals surface area (Å²) in [6.07, 6.45) is 2.25. The average molecular weight is 334 g/mol. The molecule has 1 fully saturated rings. The summed E-state index contributed by atoms with van der Waals surface area (Å²) in [5, 5.41) is 5.75. The van der Waals surface area contributed by atoms with E-state index in [1.54, 1.807) is 14.2 Å². The summed E-state index contributed by atoms with van der Waals surface area (Å²) >= 11 is 0. The Morgan fingerprint density at radius 1 is 1.04 bits per heavy atom. The van der Waals surface area contributed by atoms with Gasteiger partial charge in [-0.2, -0.15) is 0 Å². The van der Waals surface area contributed by atoms with Crippen molar-refractivity contribution in [1.82, 2.24) is 10.6 Å². The van der Waals surface area contributed by atoms with Gasteiger partial charge in [-0.25, -0.2) is 0 Å². The van der Waals surface area contributed by atoms with Crippen LogP contribution in [0.15, 0.2) is 18.2 Å². The molecule has 0 saturated heterocycles. The van der Waals surface area contributed by atoms with Crippen molar-refractivity contribution in [2.45, 2.75) is 26.2 Å². The Bertz CT molecular complexity index is 588. The number of nitrogens with one attached hydrogen (secondary N) is 2. The van der Waals surface area contributed by atoms with Crippen molar-refractivity contribution >= 4 is 11.8 Å². The summed E-state index contributed by atoms with van der Waals surface area (Å²) in [6.45, 7) is 3.21. The number of carbonyl (C=O) groups is 2. The van der Waals surface area contributed by atoms with Gasteiger partial charge in [0.05, 0.1) is 26.1 Å². The van der Waals surface area contributed by atoms with E-state index >= 15 is 0 Å². The first-order valence-electron chi connectivity index (χ1n) is 8.37. The van der Waals surface area contributed by atoms with E-state index < -0.39 is 0 Å². The van der Waals surface area contributed by atoms with Gasteiger partial charge in [-0.3, -0.25) is 9.59 Å². The van der Waals surface area contributed by atoms with Gasteiger partial charge in [-0.15, -0.1) is 0 Å². The number of ether oxygens (including phenoxy) is 2. The van der Waals surface area contributed by atoms with E-state index in [1.807, 2.05) is 25.1 Å². The predicted molar refractivity (Wildman–Crippen MR) is 91.2 cm³/mol. The second-order valence-electron chi connectivity index (χ2n) is 5.97. The number of amides is 2. The Morgan fingerprint density at radius 3 is 2.25 bits per heavy atom. The molecular formula is C18H26N2O4. The van der Waals surface area contributed by atoms with Crippen LogP contribution in [-0.4, -0.2) is 39.1 Å². The molecule has 0 heterocycles. The number of rotatable bonds is 9. The molecule has 1 aromatic carbocycles. The molecule has 0 aliphatic heterocycles. The molecule has 6 nitrogen and oxygen atoms in total. The Morgan fingerprint density at radius 2 is 1.67 bits per heavy atom. The Kier molecular flexibility index (Phi) is 6.46. The molecular weight excluding hydrogens is 308 g/mol. The standard InChI is InChI=1S/C18H26N2O4/c1-4-8-19-17(21)13-11-14(13)18(22)20-9-7-12-5-6-15(23-2)16(10-12)24-3/h5-6,10,13-14H,4,7-9,11H2,1-3H3,(H,19,21)(H,20,22). The lowest BCUT2D eigenvalue weighted by Gasteiger charge is -2.10. The van der Waals surface area contributed by atoms with E-state index in [-0.39, 0.29) is 23.7 Å². The fourth-order valence-electron chi connectivity index (χ4n) is 2.65. The molecule has 0 radical (unpaired) electrons. The largest absolute Gasteiger partial charge is 0.493 e. The SMILES string of the molecule is CCCNC(=O)C1CC1C(=O)NCCc1ccc(OC)c(OC)c1. The van der Waals surface area contributed by atoms with E-state index in [9.17, 15) is 9.59 Å². The van der Waals surface area contributed by atoms with Crippen molar-refractivity contribution in [2.75, 3.05) is 27.3 Å². The van der Waals surface area contributed by atoms with Crippen molar-refractivity contribution in [3.63, 3.8) is 0 Å². The molecule has 6 heteroatoms. The van der Waals surface area contributed by atoms with Gasteiger partial charge in [0.25, 0.3) is 0 Å². The molecule has 1 aliphatic carbocycles. The number of hydrogen-bond donors (Lipinski definition) is 2. The average Bonchev–Trinajstić information content (AvgIpc) is 3.40. The second-order valence-corrected chi connectivity index (χ2v) is 5.97. The van der Waals surface area contributed by atoms with Crippen LogP contribution < -0.4 is 20.1 Å². The van der Waals surface area contributed by atoms with E-state index in [1.165, 1.54) is 0 Å². The van der Waals surface area contributed by atoms with Crippen LogP contribution in [0.4, 0.5) is 0 Å². The van der Waals surface area contributed by atoms with E-state index in [4.69, 9.17) is 9.47 Å². The van der Waals surface area contributed by atoms with E-state index in [2.05, 4.69) is 10.6 Å². The Hall–Kier alpha value is -2.24. The van der Waals surface area contributed by atoms with Crippen molar-refractivity contribution in [3.8, 4) is 11.5 Å². The number of hydrogen-bond acceptors (Lipinski definition) is 4. The minimum atomic E-state index is -0.174. The zero-order valence-electron chi connectivity index (χ0n) is 14.6. The molecule has 0 spiro atoms. The normalized spacial score (nSPS) is 18.6. The highest BCUT2D eigenvalue weighted by atomic mass is 16.5. The number of benzene rings is 1. The monoisotopic (exact) mass is 334 g/mol. The number of carbonyl (C=O) groups excluding carboxylic acids is 2. The summed E-state index contributed by atoms with van der Waals surface area (Å²) in [5.74, 6) is 0.995. The van der Waals surface area contributed by atoms with Gasteiger partial charge in [0.15, 0.2) is 11.5 Å². The summed E-state index contributed by atoms with van der Waals surface area (Å²) in [6, 6.07) is 5.71. The molecule has 0 aromatic heterocycles. The molecule has 2 amide bonds. The third kappa shape index (κ3) is 4.63. The third-order valence-electron chi connectivity index (χ3n) is 4.17. The quantitative estimate of drug-likeness (QED) is 0.718. The summed E-state index contributed by atoms with van der Waals surface area (Å²) in [7, 11) is 3.20. The highest BCUT2D eigenvalue weighted by molar-refractivity contribution is 5.92. The number of methoxy groups -OCH3 is 2. The van der Waals surface area contributed by atoms with Crippen LogP contribution in [0.2, 0.25) is 0 Å². The second kappa shape index (κ2) is 8.57. The summed E-state index contributed by atoms with van der Waals surface area (Å²) < 4.78 is 10.5. The predicted octanol–water partition coefficient (Wildman–Crippen LogP) is 1.52. The zero-order valence-corrected chi connectivity index (χ0v) is 14.6. The Balaban J connectivity index is 1.75. The molecule has 1 saturated carbocycles. The maximum atomic E-state index is 12.1. The van der Waals surface area contributed by atoms with Crippen LogP contribution in [0.25, 0.3) is 0 Å². The molecule has 0 bridgehead atoms. The van der Waals surface area contributed by atoms with Crippen LogP contribution >= 0.6 is 0 Å². The van der Waals surface area contributed by atoms with Crippen LogP contribution in [0.3, 0.4) is 0 Å². The zero-order chi connectivity index (χ0) is 17.5. The smallest absolute Gasteiger partial charge is 0.223 e. The van der Waals surface area contributed by atoms with Crippen molar-refractivity contribution < 1.29 is 19.1 Å². The summed E-state index contributed by atoms with van der Waals surface area (Å²) in [5.41, 5.74) is 1.06. The van der Waals surface area contributed by atoms with Crippen LogP contribution in [-0.2, 0) is 16.0 Å². The van der Waals surface area contributed by atoms with Crippen LogP contribution in [0, 0.1) is 11.8 Å². The van der Waals surface area contributed by atoms with Gasteiger partial charge >= 0.3 is 0 Å². The minimum absolute atomic E-state index is 0.00288. The molecule has 2 atom stereocenters. The lowest BCUT2D eigenvalue weighted by atomic mass is 10.1. The first-order valence-corrected chi connectivity index (χ1v) is 8.37. The van der Waals surface area contributed by atoms with Gasteiger partial charge in [0.1, 0.15) is 0 Å². The highest BCUT2D eigenvalue weighted by Gasteiger charge is 2.47. The Labute approximate surface area is 142 Å². The fourth-order valence-corrected chi connectivity index (χ4v) is 2.65.